The Balaban J connectivity index is 1.62. The van der Waals surface area contributed by atoms with E-state index in [0.717, 1.165) is 19.1 Å². The van der Waals surface area contributed by atoms with Crippen molar-refractivity contribution in [1.29, 1.82) is 0 Å². The minimum Gasteiger partial charge on any atom is -0.377 e. The third-order valence-corrected chi connectivity index (χ3v) is 7.81. The zero-order chi connectivity index (χ0) is 16.8. The average molecular weight is 348 g/mol. The molecule has 1 aliphatic carbocycles. The van der Waals surface area contributed by atoms with Gasteiger partial charge in [0.05, 0.1) is 11.5 Å². The van der Waals surface area contributed by atoms with Gasteiger partial charge in [-0.05, 0) is 44.2 Å². The SMILES string of the molecule is CCN1C(C)CSC1(CCOCc1ccccc1)C1CCCCC1. The van der Waals surface area contributed by atoms with Gasteiger partial charge in [-0.1, -0.05) is 56.5 Å². The number of hydrogen-bond donors (Lipinski definition) is 0. The van der Waals surface area contributed by atoms with Crippen molar-refractivity contribution >= 4 is 11.8 Å². The van der Waals surface area contributed by atoms with Gasteiger partial charge in [-0.3, -0.25) is 4.90 Å². The van der Waals surface area contributed by atoms with E-state index in [0.29, 0.717) is 10.9 Å². The first-order chi connectivity index (χ1) is 11.8. The lowest BCUT2D eigenvalue weighted by molar-refractivity contribution is 0.0358. The Hall–Kier alpha value is -0.510. The molecule has 3 heteroatoms. The third-order valence-electron chi connectivity index (χ3n) is 5.89. The summed E-state index contributed by atoms with van der Waals surface area (Å²) in [4.78, 5) is 3.12. The number of benzene rings is 1. The van der Waals surface area contributed by atoms with Crippen molar-refractivity contribution in [3.05, 3.63) is 35.9 Å². The van der Waals surface area contributed by atoms with Crippen molar-refractivity contribution in [2.45, 2.75) is 69.9 Å². The molecular weight excluding hydrogens is 314 g/mol. The normalized spacial score (nSPS) is 29.2. The van der Waals surface area contributed by atoms with Crippen LogP contribution in [0.25, 0.3) is 0 Å². The molecule has 1 saturated carbocycles. The second kappa shape index (κ2) is 8.73. The summed E-state index contributed by atoms with van der Waals surface area (Å²) in [7, 11) is 0. The molecule has 0 N–H and O–H groups in total. The van der Waals surface area contributed by atoms with Gasteiger partial charge < -0.3 is 4.74 Å². The van der Waals surface area contributed by atoms with E-state index in [4.69, 9.17) is 4.74 Å². The first-order valence-electron chi connectivity index (χ1n) is 9.78. The fourth-order valence-electron chi connectivity index (χ4n) is 4.70. The highest BCUT2D eigenvalue weighted by Crippen LogP contribution is 2.51. The van der Waals surface area contributed by atoms with E-state index >= 15 is 0 Å². The summed E-state index contributed by atoms with van der Waals surface area (Å²) >= 11 is 2.23. The predicted octanol–water partition coefficient (Wildman–Crippen LogP) is 5.33. The zero-order valence-corrected chi connectivity index (χ0v) is 16.2. The number of rotatable bonds is 7. The highest BCUT2D eigenvalue weighted by atomic mass is 32.2. The summed E-state index contributed by atoms with van der Waals surface area (Å²) in [6.45, 7) is 7.54. The molecule has 1 aromatic rings. The average Bonchev–Trinajstić information content (AvgIpc) is 2.97. The minimum atomic E-state index is 0.325. The van der Waals surface area contributed by atoms with Crippen LogP contribution in [0.5, 0.6) is 0 Å². The number of thioether (sulfide) groups is 1. The van der Waals surface area contributed by atoms with Crippen LogP contribution < -0.4 is 0 Å². The summed E-state index contributed by atoms with van der Waals surface area (Å²) in [5, 5.41) is 0. The second-order valence-electron chi connectivity index (χ2n) is 7.41. The second-order valence-corrected chi connectivity index (χ2v) is 8.74. The van der Waals surface area contributed by atoms with Crippen molar-refractivity contribution in [2.75, 3.05) is 18.9 Å². The van der Waals surface area contributed by atoms with Crippen LogP contribution in [0, 0.1) is 5.92 Å². The van der Waals surface area contributed by atoms with E-state index in [2.05, 4.69) is 60.8 Å². The predicted molar refractivity (Wildman–Crippen MR) is 104 cm³/mol. The largest absolute Gasteiger partial charge is 0.377 e. The third kappa shape index (κ3) is 4.00. The van der Waals surface area contributed by atoms with E-state index in [1.807, 2.05) is 0 Å². The first kappa shape index (κ1) is 18.3. The summed E-state index contributed by atoms with van der Waals surface area (Å²) < 4.78 is 6.09. The first-order valence-corrected chi connectivity index (χ1v) is 10.8. The molecule has 24 heavy (non-hydrogen) atoms. The molecule has 1 heterocycles. The lowest BCUT2D eigenvalue weighted by Gasteiger charge is -2.46. The molecule has 0 bridgehead atoms. The molecule has 2 unspecified atom stereocenters. The maximum absolute atomic E-state index is 6.09. The molecule has 134 valence electrons. The van der Waals surface area contributed by atoms with Crippen LogP contribution in [0.4, 0.5) is 0 Å². The van der Waals surface area contributed by atoms with Crippen molar-refractivity contribution in [3.63, 3.8) is 0 Å². The molecule has 0 amide bonds. The van der Waals surface area contributed by atoms with Gasteiger partial charge in [-0.2, -0.15) is 0 Å². The molecule has 1 aromatic carbocycles. The summed E-state index contributed by atoms with van der Waals surface area (Å²) in [5.41, 5.74) is 1.28. The molecular formula is C21H33NOS. The molecule has 2 atom stereocenters. The summed E-state index contributed by atoms with van der Waals surface area (Å²) in [5.74, 6) is 2.13. The van der Waals surface area contributed by atoms with E-state index in [-0.39, 0.29) is 0 Å². The topological polar surface area (TPSA) is 12.5 Å². The molecule has 0 radical (unpaired) electrons. The Morgan fingerprint density at radius 2 is 1.92 bits per heavy atom. The Labute approximate surface area is 152 Å². The Kier molecular flexibility index (Phi) is 6.65. The quantitative estimate of drug-likeness (QED) is 0.619. The van der Waals surface area contributed by atoms with Crippen LogP contribution >= 0.6 is 11.8 Å². The van der Waals surface area contributed by atoms with Gasteiger partial charge in [0.15, 0.2) is 0 Å². The maximum atomic E-state index is 6.09. The van der Waals surface area contributed by atoms with E-state index < -0.39 is 0 Å². The number of ether oxygens (including phenoxy) is 1. The van der Waals surface area contributed by atoms with Crippen molar-refractivity contribution in [2.24, 2.45) is 5.92 Å². The van der Waals surface area contributed by atoms with Gasteiger partial charge in [-0.15, -0.1) is 11.8 Å². The summed E-state index contributed by atoms with van der Waals surface area (Å²) in [6.07, 6.45) is 8.27. The van der Waals surface area contributed by atoms with Crippen molar-refractivity contribution in [3.8, 4) is 0 Å². The van der Waals surface area contributed by atoms with Crippen molar-refractivity contribution < 1.29 is 4.74 Å². The van der Waals surface area contributed by atoms with Crippen LogP contribution in [0.2, 0.25) is 0 Å². The lowest BCUT2D eigenvalue weighted by Crippen LogP contribution is -2.51. The van der Waals surface area contributed by atoms with Gasteiger partial charge >= 0.3 is 0 Å². The van der Waals surface area contributed by atoms with Crippen molar-refractivity contribution in [1.82, 2.24) is 4.90 Å². The van der Waals surface area contributed by atoms with Gasteiger partial charge in [0.2, 0.25) is 0 Å². The molecule has 2 fully saturated rings. The molecule has 1 aliphatic heterocycles. The highest BCUT2D eigenvalue weighted by Gasteiger charge is 2.49. The van der Waals surface area contributed by atoms with Crippen LogP contribution in [-0.2, 0) is 11.3 Å². The minimum absolute atomic E-state index is 0.325. The van der Waals surface area contributed by atoms with Crippen LogP contribution in [0.1, 0.15) is 57.9 Å². The van der Waals surface area contributed by atoms with Gasteiger partial charge in [0, 0.05) is 18.4 Å². The zero-order valence-electron chi connectivity index (χ0n) is 15.4. The summed E-state index contributed by atoms with van der Waals surface area (Å²) in [6, 6.07) is 11.3. The Morgan fingerprint density at radius 3 is 2.62 bits per heavy atom. The van der Waals surface area contributed by atoms with E-state index in [1.54, 1.807) is 0 Å². The van der Waals surface area contributed by atoms with Gasteiger partial charge in [0.25, 0.3) is 0 Å². The lowest BCUT2D eigenvalue weighted by atomic mass is 9.81. The molecule has 0 aromatic heterocycles. The number of nitrogens with zero attached hydrogens (tertiary/aromatic N) is 1. The molecule has 2 aliphatic rings. The van der Waals surface area contributed by atoms with Crippen LogP contribution in [-0.4, -0.2) is 34.7 Å². The van der Waals surface area contributed by atoms with Crippen LogP contribution in [0.3, 0.4) is 0 Å². The molecule has 2 nitrogen and oxygen atoms in total. The van der Waals surface area contributed by atoms with E-state index in [1.165, 1.54) is 56.4 Å². The van der Waals surface area contributed by atoms with E-state index in [9.17, 15) is 0 Å². The standard InChI is InChI=1S/C21H33NOS/c1-3-22-18(2)17-24-21(22,20-12-8-5-9-13-20)14-15-23-16-19-10-6-4-7-11-19/h4,6-7,10-11,18,20H,3,5,8-9,12-17H2,1-2H3. The van der Waals surface area contributed by atoms with Gasteiger partial charge in [-0.25, -0.2) is 0 Å². The highest BCUT2D eigenvalue weighted by molar-refractivity contribution is 8.00. The Morgan fingerprint density at radius 1 is 1.17 bits per heavy atom. The molecule has 3 rings (SSSR count). The Bertz CT molecular complexity index is 488. The number of hydrogen-bond acceptors (Lipinski definition) is 3. The smallest absolute Gasteiger partial charge is 0.0723 e. The van der Waals surface area contributed by atoms with Gasteiger partial charge in [0.1, 0.15) is 0 Å². The molecule has 0 spiro atoms. The van der Waals surface area contributed by atoms with Crippen LogP contribution in [0.15, 0.2) is 30.3 Å². The molecule has 1 saturated heterocycles. The fraction of sp³-hybridized carbons (Fsp3) is 0.714. The monoisotopic (exact) mass is 347 g/mol. The maximum Gasteiger partial charge on any atom is 0.0723 e. The fourth-order valence-corrected chi connectivity index (χ4v) is 6.58.